The van der Waals surface area contributed by atoms with E-state index in [4.69, 9.17) is 4.74 Å². The van der Waals surface area contributed by atoms with Crippen LogP contribution in [0.4, 0.5) is 4.79 Å². The maximum atomic E-state index is 11.8. The van der Waals surface area contributed by atoms with Crippen molar-refractivity contribution in [2.75, 3.05) is 6.61 Å². The molecule has 0 spiro atoms. The molecule has 5 nitrogen and oxygen atoms in total. The van der Waals surface area contributed by atoms with Gasteiger partial charge in [0.2, 0.25) is 0 Å². The summed E-state index contributed by atoms with van der Waals surface area (Å²) in [5.74, 6) is 0. The van der Waals surface area contributed by atoms with Gasteiger partial charge >= 0.3 is 6.03 Å². The van der Waals surface area contributed by atoms with Gasteiger partial charge in [0.15, 0.2) is 0 Å². The van der Waals surface area contributed by atoms with Gasteiger partial charge in [-0.25, -0.2) is 9.78 Å². The first-order valence-electron chi connectivity index (χ1n) is 7.21. The molecule has 1 fully saturated rings. The highest BCUT2D eigenvalue weighted by atomic mass is 32.1. The van der Waals surface area contributed by atoms with Crippen LogP contribution in [0, 0.1) is 6.92 Å². The summed E-state index contributed by atoms with van der Waals surface area (Å²) < 4.78 is 5.58. The van der Waals surface area contributed by atoms with Crippen LogP contribution in [0.1, 0.15) is 42.5 Å². The van der Waals surface area contributed by atoms with E-state index in [0.717, 1.165) is 35.8 Å². The highest BCUT2D eigenvalue weighted by Gasteiger charge is 2.17. The number of nitrogens with one attached hydrogen (secondary N) is 2. The quantitative estimate of drug-likeness (QED) is 0.848. The predicted octanol–water partition coefficient (Wildman–Crippen LogP) is 2.60. The molecule has 20 heavy (non-hydrogen) atoms. The molecule has 1 aromatic rings. The van der Waals surface area contributed by atoms with Crippen molar-refractivity contribution in [3.05, 3.63) is 16.1 Å². The largest absolute Gasteiger partial charge is 0.378 e. The highest BCUT2D eigenvalue weighted by molar-refractivity contribution is 7.11. The number of rotatable bonds is 6. The van der Waals surface area contributed by atoms with Gasteiger partial charge in [0.05, 0.1) is 12.6 Å². The minimum Gasteiger partial charge on any atom is -0.378 e. The van der Waals surface area contributed by atoms with E-state index in [0.29, 0.717) is 12.6 Å². The Morgan fingerprint density at radius 1 is 1.65 bits per heavy atom. The van der Waals surface area contributed by atoms with E-state index >= 15 is 0 Å². The van der Waals surface area contributed by atoms with Crippen LogP contribution in [0.3, 0.4) is 0 Å². The summed E-state index contributed by atoms with van der Waals surface area (Å²) in [6.45, 7) is 5.42. The third-order valence-electron chi connectivity index (χ3n) is 3.39. The molecule has 0 bridgehead atoms. The number of nitrogens with zero attached hydrogens (tertiary/aromatic N) is 1. The van der Waals surface area contributed by atoms with Crippen LogP contribution >= 0.6 is 11.3 Å². The molecule has 2 N–H and O–H groups in total. The molecule has 2 heterocycles. The Morgan fingerprint density at radius 3 is 3.15 bits per heavy atom. The first-order valence-corrected chi connectivity index (χ1v) is 8.02. The number of aryl methyl sites for hydroxylation is 1. The fourth-order valence-corrected chi connectivity index (χ4v) is 3.02. The molecular formula is C14H23N3O2S. The Morgan fingerprint density at radius 2 is 2.50 bits per heavy atom. The average molecular weight is 297 g/mol. The maximum Gasteiger partial charge on any atom is 0.315 e. The van der Waals surface area contributed by atoms with Crippen molar-refractivity contribution < 1.29 is 9.53 Å². The number of amides is 2. The summed E-state index contributed by atoms with van der Waals surface area (Å²) in [5.41, 5.74) is 0. The van der Waals surface area contributed by atoms with Gasteiger partial charge in [0, 0.05) is 23.7 Å². The van der Waals surface area contributed by atoms with Crippen LogP contribution in [0.5, 0.6) is 0 Å². The summed E-state index contributed by atoms with van der Waals surface area (Å²) >= 11 is 1.61. The number of carbonyl (C=O) groups is 1. The zero-order valence-electron chi connectivity index (χ0n) is 12.1. The molecule has 0 saturated carbocycles. The van der Waals surface area contributed by atoms with Crippen LogP contribution in [-0.2, 0) is 11.3 Å². The zero-order chi connectivity index (χ0) is 14.4. The molecular weight excluding hydrogens is 274 g/mol. The summed E-state index contributed by atoms with van der Waals surface area (Å²) in [5, 5.41) is 6.72. The van der Waals surface area contributed by atoms with E-state index in [2.05, 4.69) is 15.6 Å². The van der Waals surface area contributed by atoms with Gasteiger partial charge in [-0.05, 0) is 39.5 Å². The Balaban J connectivity index is 1.60. The van der Waals surface area contributed by atoms with Crippen LogP contribution in [0.25, 0.3) is 0 Å². The smallest absolute Gasteiger partial charge is 0.315 e. The molecule has 112 valence electrons. The van der Waals surface area contributed by atoms with E-state index in [9.17, 15) is 4.79 Å². The molecule has 0 aromatic carbocycles. The van der Waals surface area contributed by atoms with Gasteiger partial charge in [-0.2, -0.15) is 0 Å². The number of carbonyl (C=O) groups excluding carboxylic acids is 1. The molecule has 2 rings (SSSR count). The van der Waals surface area contributed by atoms with Gasteiger partial charge in [0.1, 0.15) is 5.01 Å². The summed E-state index contributed by atoms with van der Waals surface area (Å²) in [6.07, 6.45) is 6.51. The number of hydrogen-bond donors (Lipinski definition) is 2. The fourth-order valence-electron chi connectivity index (χ4n) is 2.29. The molecule has 0 unspecified atom stereocenters. The molecule has 2 amide bonds. The lowest BCUT2D eigenvalue weighted by Crippen LogP contribution is -2.40. The lowest BCUT2D eigenvalue weighted by atomic mass is 10.1. The third-order valence-corrected chi connectivity index (χ3v) is 4.31. The predicted molar refractivity (Wildman–Crippen MR) is 79.9 cm³/mol. The Kier molecular flexibility index (Phi) is 5.79. The van der Waals surface area contributed by atoms with E-state index in [1.165, 1.54) is 6.42 Å². The number of aromatic nitrogens is 1. The van der Waals surface area contributed by atoms with Crippen molar-refractivity contribution in [3.8, 4) is 0 Å². The second kappa shape index (κ2) is 7.59. The summed E-state index contributed by atoms with van der Waals surface area (Å²) in [6, 6.07) is 0.0370. The van der Waals surface area contributed by atoms with Crippen molar-refractivity contribution in [1.29, 1.82) is 0 Å². The first-order chi connectivity index (χ1) is 9.63. The minimum atomic E-state index is -0.127. The van der Waals surface area contributed by atoms with Crippen LogP contribution in [-0.4, -0.2) is 29.8 Å². The summed E-state index contributed by atoms with van der Waals surface area (Å²) in [7, 11) is 0. The Bertz CT molecular complexity index is 430. The van der Waals surface area contributed by atoms with Crippen molar-refractivity contribution in [1.82, 2.24) is 15.6 Å². The molecule has 2 atom stereocenters. The summed E-state index contributed by atoms with van der Waals surface area (Å²) in [4.78, 5) is 17.1. The number of ether oxygens (including phenoxy) is 1. The van der Waals surface area contributed by atoms with Crippen LogP contribution in [0.15, 0.2) is 6.20 Å². The van der Waals surface area contributed by atoms with E-state index in [-0.39, 0.29) is 12.1 Å². The molecule has 1 aliphatic rings. The molecule has 0 aliphatic carbocycles. The normalized spacial score (nSPS) is 19.8. The highest BCUT2D eigenvalue weighted by Crippen LogP contribution is 2.17. The average Bonchev–Trinajstić information content (AvgIpc) is 3.05. The molecule has 0 radical (unpaired) electrons. The lowest BCUT2D eigenvalue weighted by Gasteiger charge is -2.16. The Hall–Kier alpha value is -1.14. The molecule has 6 heteroatoms. The number of hydrogen-bond acceptors (Lipinski definition) is 4. The zero-order valence-corrected chi connectivity index (χ0v) is 13.0. The number of thiazole rings is 1. The van der Waals surface area contributed by atoms with Crippen molar-refractivity contribution in [3.63, 3.8) is 0 Å². The second-order valence-corrected chi connectivity index (χ2v) is 6.62. The maximum absolute atomic E-state index is 11.8. The van der Waals surface area contributed by atoms with Gasteiger partial charge < -0.3 is 15.4 Å². The topological polar surface area (TPSA) is 63.2 Å². The SMILES string of the molecule is Cc1cnc(CNC(=O)N[C@@H](C)CC[C@H]2CCCO2)s1. The second-order valence-electron chi connectivity index (χ2n) is 5.31. The van der Waals surface area contributed by atoms with E-state index < -0.39 is 0 Å². The first kappa shape index (κ1) is 15.3. The minimum absolute atomic E-state index is 0.127. The fraction of sp³-hybridized carbons (Fsp3) is 0.714. The van der Waals surface area contributed by atoms with Crippen LogP contribution in [0.2, 0.25) is 0 Å². The van der Waals surface area contributed by atoms with Gasteiger partial charge in [-0.15, -0.1) is 11.3 Å². The van der Waals surface area contributed by atoms with E-state index in [1.54, 1.807) is 11.3 Å². The van der Waals surface area contributed by atoms with Crippen molar-refractivity contribution in [2.24, 2.45) is 0 Å². The van der Waals surface area contributed by atoms with Gasteiger partial charge in [-0.1, -0.05) is 0 Å². The third kappa shape index (κ3) is 5.09. The molecule has 1 aliphatic heterocycles. The van der Waals surface area contributed by atoms with Crippen molar-refractivity contribution in [2.45, 2.75) is 58.2 Å². The van der Waals surface area contributed by atoms with Gasteiger partial charge in [-0.3, -0.25) is 0 Å². The molecule has 1 saturated heterocycles. The Labute approximate surface area is 124 Å². The lowest BCUT2D eigenvalue weighted by molar-refractivity contribution is 0.100. The van der Waals surface area contributed by atoms with Gasteiger partial charge in [0.25, 0.3) is 0 Å². The number of urea groups is 1. The van der Waals surface area contributed by atoms with E-state index in [1.807, 2.05) is 20.0 Å². The molecule has 1 aromatic heterocycles. The standard InChI is InChI=1S/C14H23N3O2S/c1-10(5-6-12-4-3-7-19-12)17-14(18)16-9-13-15-8-11(2)20-13/h8,10,12H,3-7,9H2,1-2H3,(H2,16,17,18)/t10-,12+/m0/s1. The monoisotopic (exact) mass is 297 g/mol. The van der Waals surface area contributed by atoms with Crippen LogP contribution < -0.4 is 10.6 Å². The van der Waals surface area contributed by atoms with Crippen molar-refractivity contribution >= 4 is 17.4 Å².